The van der Waals surface area contributed by atoms with Gasteiger partial charge in [-0.15, -0.1) is 0 Å². The van der Waals surface area contributed by atoms with Crippen molar-refractivity contribution in [1.29, 1.82) is 0 Å². The Bertz CT molecular complexity index is 454. The predicted octanol–water partition coefficient (Wildman–Crippen LogP) is 3.63. The minimum atomic E-state index is -0.320. The summed E-state index contributed by atoms with van der Waals surface area (Å²) in [6, 6.07) is 5.71. The molecule has 2 rings (SSSR count). The van der Waals surface area contributed by atoms with Crippen LogP contribution >= 0.6 is 0 Å². The summed E-state index contributed by atoms with van der Waals surface area (Å²) < 4.78 is 0. The van der Waals surface area contributed by atoms with E-state index in [0.29, 0.717) is 17.4 Å². The third-order valence-corrected chi connectivity index (χ3v) is 3.86. The summed E-state index contributed by atoms with van der Waals surface area (Å²) in [5.41, 5.74) is 1.32. The molecule has 1 fully saturated rings. The van der Waals surface area contributed by atoms with Crippen LogP contribution in [0, 0.1) is 16.0 Å². The van der Waals surface area contributed by atoms with Crippen molar-refractivity contribution in [2.24, 2.45) is 5.92 Å². The molecule has 0 aromatic heterocycles. The van der Waals surface area contributed by atoms with E-state index < -0.39 is 0 Å². The molecule has 104 valence electrons. The second-order valence-corrected chi connectivity index (χ2v) is 5.31. The lowest BCUT2D eigenvalue weighted by Crippen LogP contribution is -2.25. The van der Waals surface area contributed by atoms with Gasteiger partial charge in [-0.25, -0.2) is 0 Å². The SMILES string of the molecule is CNc1cccc(NC2CCC(C)CC2)c1[N+](=O)[O-]. The Morgan fingerprint density at radius 1 is 1.21 bits per heavy atom. The minimum Gasteiger partial charge on any atom is -0.382 e. The van der Waals surface area contributed by atoms with Gasteiger partial charge in [-0.2, -0.15) is 0 Å². The monoisotopic (exact) mass is 263 g/mol. The number of rotatable bonds is 4. The number of hydrogen-bond acceptors (Lipinski definition) is 4. The molecule has 0 heterocycles. The highest BCUT2D eigenvalue weighted by Gasteiger charge is 2.23. The summed E-state index contributed by atoms with van der Waals surface area (Å²) in [5.74, 6) is 0.775. The average molecular weight is 263 g/mol. The number of anilines is 2. The zero-order valence-electron chi connectivity index (χ0n) is 11.5. The van der Waals surface area contributed by atoms with Gasteiger partial charge in [-0.3, -0.25) is 10.1 Å². The molecule has 1 aliphatic carbocycles. The van der Waals surface area contributed by atoms with E-state index in [4.69, 9.17) is 0 Å². The van der Waals surface area contributed by atoms with Gasteiger partial charge in [0.25, 0.3) is 0 Å². The average Bonchev–Trinajstić information content (AvgIpc) is 2.40. The van der Waals surface area contributed by atoms with Crippen molar-refractivity contribution in [3.05, 3.63) is 28.3 Å². The summed E-state index contributed by atoms with van der Waals surface area (Å²) in [6.07, 6.45) is 4.55. The molecule has 19 heavy (non-hydrogen) atoms. The van der Waals surface area contributed by atoms with Crippen molar-refractivity contribution in [3.8, 4) is 0 Å². The molecule has 1 aromatic carbocycles. The summed E-state index contributed by atoms with van der Waals surface area (Å²) in [5, 5.41) is 17.4. The zero-order valence-corrected chi connectivity index (χ0v) is 11.5. The highest BCUT2D eigenvalue weighted by molar-refractivity contribution is 5.76. The van der Waals surface area contributed by atoms with Crippen LogP contribution in [0.3, 0.4) is 0 Å². The lowest BCUT2D eigenvalue weighted by Gasteiger charge is -2.27. The van der Waals surface area contributed by atoms with Crippen molar-refractivity contribution in [3.63, 3.8) is 0 Å². The molecule has 0 bridgehead atoms. The van der Waals surface area contributed by atoms with Crippen LogP contribution in [-0.2, 0) is 0 Å². The normalized spacial score (nSPS) is 22.8. The van der Waals surface area contributed by atoms with Crippen LogP contribution in [-0.4, -0.2) is 18.0 Å². The molecule has 5 nitrogen and oxygen atoms in total. The van der Waals surface area contributed by atoms with Gasteiger partial charge in [0.15, 0.2) is 0 Å². The Labute approximate surface area is 113 Å². The van der Waals surface area contributed by atoms with Crippen LogP contribution < -0.4 is 10.6 Å². The second kappa shape index (κ2) is 5.91. The smallest absolute Gasteiger partial charge is 0.315 e. The fraction of sp³-hybridized carbons (Fsp3) is 0.571. The van der Waals surface area contributed by atoms with Gasteiger partial charge in [-0.1, -0.05) is 13.0 Å². The standard InChI is InChI=1S/C14H21N3O2/c1-10-6-8-11(9-7-10)16-13-5-3-4-12(15-2)14(13)17(18)19/h3-5,10-11,15-16H,6-9H2,1-2H3. The first-order valence-electron chi connectivity index (χ1n) is 6.83. The molecular formula is C14H21N3O2. The third kappa shape index (κ3) is 3.16. The maximum atomic E-state index is 11.2. The summed E-state index contributed by atoms with van der Waals surface area (Å²) in [7, 11) is 1.70. The number of nitro groups is 1. The Morgan fingerprint density at radius 2 is 1.84 bits per heavy atom. The van der Waals surface area contributed by atoms with E-state index in [1.165, 1.54) is 12.8 Å². The van der Waals surface area contributed by atoms with Crippen LogP contribution in [0.2, 0.25) is 0 Å². The van der Waals surface area contributed by atoms with Gasteiger partial charge >= 0.3 is 5.69 Å². The van der Waals surface area contributed by atoms with E-state index in [1.54, 1.807) is 19.2 Å². The van der Waals surface area contributed by atoms with Crippen LogP contribution in [0.5, 0.6) is 0 Å². The van der Waals surface area contributed by atoms with Crippen LogP contribution in [0.25, 0.3) is 0 Å². The van der Waals surface area contributed by atoms with E-state index in [0.717, 1.165) is 18.8 Å². The van der Waals surface area contributed by atoms with Gasteiger partial charge in [0.2, 0.25) is 0 Å². The second-order valence-electron chi connectivity index (χ2n) is 5.31. The van der Waals surface area contributed by atoms with Gasteiger partial charge < -0.3 is 10.6 Å². The van der Waals surface area contributed by atoms with Crippen LogP contribution in [0.1, 0.15) is 32.6 Å². The highest BCUT2D eigenvalue weighted by atomic mass is 16.6. The Hall–Kier alpha value is -1.78. The summed E-state index contributed by atoms with van der Waals surface area (Å²) in [6.45, 7) is 2.26. The number of nitro benzene ring substituents is 1. The molecule has 1 aromatic rings. The number of para-hydroxylation sites is 1. The van der Waals surface area contributed by atoms with Gasteiger partial charge in [0.05, 0.1) is 4.92 Å². The van der Waals surface area contributed by atoms with Gasteiger partial charge in [0, 0.05) is 13.1 Å². The van der Waals surface area contributed by atoms with Crippen LogP contribution in [0.15, 0.2) is 18.2 Å². The number of nitrogens with zero attached hydrogens (tertiary/aromatic N) is 1. The minimum absolute atomic E-state index is 0.142. The van der Waals surface area contributed by atoms with Crippen LogP contribution in [0.4, 0.5) is 17.1 Å². The molecule has 0 spiro atoms. The quantitative estimate of drug-likeness (QED) is 0.643. The molecule has 0 radical (unpaired) electrons. The molecule has 5 heteroatoms. The Morgan fingerprint density at radius 3 is 2.42 bits per heavy atom. The molecule has 0 aliphatic heterocycles. The predicted molar refractivity (Wildman–Crippen MR) is 77.7 cm³/mol. The molecule has 0 amide bonds. The van der Waals surface area contributed by atoms with Gasteiger partial charge in [0.1, 0.15) is 11.4 Å². The number of hydrogen-bond donors (Lipinski definition) is 2. The largest absolute Gasteiger partial charge is 0.382 e. The van der Waals surface area contributed by atoms with Gasteiger partial charge in [-0.05, 0) is 43.7 Å². The first-order valence-corrected chi connectivity index (χ1v) is 6.83. The van der Waals surface area contributed by atoms with Crippen molar-refractivity contribution in [1.82, 2.24) is 0 Å². The first-order chi connectivity index (χ1) is 9.11. The maximum Gasteiger partial charge on any atom is 0.315 e. The van der Waals surface area contributed by atoms with E-state index in [9.17, 15) is 10.1 Å². The van der Waals surface area contributed by atoms with Crippen molar-refractivity contribution >= 4 is 17.1 Å². The fourth-order valence-corrected chi connectivity index (χ4v) is 2.68. The highest BCUT2D eigenvalue weighted by Crippen LogP contribution is 2.35. The Kier molecular flexibility index (Phi) is 4.24. The number of nitrogens with one attached hydrogen (secondary N) is 2. The lowest BCUT2D eigenvalue weighted by molar-refractivity contribution is -0.383. The summed E-state index contributed by atoms with van der Waals surface area (Å²) in [4.78, 5) is 10.9. The summed E-state index contributed by atoms with van der Waals surface area (Å²) >= 11 is 0. The molecule has 0 saturated heterocycles. The topological polar surface area (TPSA) is 67.2 Å². The maximum absolute atomic E-state index is 11.2. The molecule has 0 atom stereocenters. The van der Waals surface area contributed by atoms with Crippen molar-refractivity contribution < 1.29 is 4.92 Å². The zero-order chi connectivity index (χ0) is 13.8. The molecular weight excluding hydrogens is 242 g/mol. The van der Waals surface area contributed by atoms with E-state index >= 15 is 0 Å². The van der Waals surface area contributed by atoms with E-state index in [2.05, 4.69) is 17.6 Å². The van der Waals surface area contributed by atoms with Crippen molar-refractivity contribution in [2.75, 3.05) is 17.7 Å². The fourth-order valence-electron chi connectivity index (χ4n) is 2.68. The molecule has 0 unspecified atom stereocenters. The first kappa shape index (κ1) is 13.6. The molecule has 2 N–H and O–H groups in total. The lowest BCUT2D eigenvalue weighted by atomic mass is 9.87. The number of benzene rings is 1. The Balaban J connectivity index is 2.17. The van der Waals surface area contributed by atoms with Crippen molar-refractivity contribution in [2.45, 2.75) is 38.6 Å². The molecule has 1 aliphatic rings. The third-order valence-electron chi connectivity index (χ3n) is 3.86. The van der Waals surface area contributed by atoms with E-state index in [1.807, 2.05) is 6.07 Å². The molecule has 1 saturated carbocycles. The van der Waals surface area contributed by atoms with E-state index in [-0.39, 0.29) is 10.6 Å².